The molecule has 0 aromatic heterocycles. The highest BCUT2D eigenvalue weighted by atomic mass is 35.5. The van der Waals surface area contributed by atoms with Crippen molar-refractivity contribution in [1.82, 2.24) is 5.32 Å². The molecule has 3 nitrogen and oxygen atoms in total. The molecule has 5 heteroatoms. The van der Waals surface area contributed by atoms with Gasteiger partial charge in [-0.1, -0.05) is 11.6 Å². The molecule has 0 aliphatic carbocycles. The van der Waals surface area contributed by atoms with Crippen molar-refractivity contribution < 1.29 is 9.90 Å². The van der Waals surface area contributed by atoms with Gasteiger partial charge in [0.15, 0.2) is 0 Å². The van der Waals surface area contributed by atoms with Gasteiger partial charge in [-0.15, -0.1) is 11.8 Å². The van der Waals surface area contributed by atoms with Crippen molar-refractivity contribution in [2.75, 3.05) is 12.3 Å². The van der Waals surface area contributed by atoms with Crippen molar-refractivity contribution in [2.24, 2.45) is 0 Å². The van der Waals surface area contributed by atoms with E-state index < -0.39 is 5.97 Å². The molecule has 0 bridgehead atoms. The summed E-state index contributed by atoms with van der Waals surface area (Å²) in [5, 5.41) is 12.6. The zero-order valence-corrected chi connectivity index (χ0v) is 10.9. The average molecular weight is 272 g/mol. The van der Waals surface area contributed by atoms with Crippen LogP contribution in [-0.4, -0.2) is 23.4 Å². The molecule has 92 valence electrons. The SMILES string of the molecule is O=C(O)CCNC1CCSc2ccc(Cl)cc21. The second-order valence-electron chi connectivity index (χ2n) is 3.97. The summed E-state index contributed by atoms with van der Waals surface area (Å²) in [6.07, 6.45) is 1.16. The van der Waals surface area contributed by atoms with Gasteiger partial charge < -0.3 is 10.4 Å². The predicted octanol–water partition coefficient (Wildman–Crippen LogP) is 2.94. The Kier molecular flexibility index (Phi) is 4.31. The molecule has 17 heavy (non-hydrogen) atoms. The summed E-state index contributed by atoms with van der Waals surface area (Å²) in [7, 11) is 0. The maximum Gasteiger partial charge on any atom is 0.304 e. The molecule has 0 radical (unpaired) electrons. The molecule has 2 rings (SSSR count). The van der Waals surface area contributed by atoms with Gasteiger partial charge in [0.2, 0.25) is 0 Å². The minimum atomic E-state index is -0.769. The van der Waals surface area contributed by atoms with Crippen molar-refractivity contribution in [1.29, 1.82) is 0 Å². The second kappa shape index (κ2) is 5.76. The van der Waals surface area contributed by atoms with E-state index in [2.05, 4.69) is 5.32 Å². The molecule has 1 aromatic carbocycles. The first-order chi connectivity index (χ1) is 8.16. The van der Waals surface area contributed by atoms with E-state index in [0.717, 1.165) is 17.2 Å². The standard InChI is InChI=1S/C12H14ClNO2S/c13-8-1-2-11-9(7-8)10(4-6-17-11)14-5-3-12(15)16/h1-2,7,10,14H,3-6H2,(H,15,16). The van der Waals surface area contributed by atoms with E-state index in [-0.39, 0.29) is 12.5 Å². The first-order valence-corrected chi connectivity index (χ1v) is 6.90. The van der Waals surface area contributed by atoms with Crippen LogP contribution in [0.3, 0.4) is 0 Å². The van der Waals surface area contributed by atoms with Gasteiger partial charge in [-0.2, -0.15) is 0 Å². The molecule has 1 atom stereocenters. The van der Waals surface area contributed by atoms with Gasteiger partial charge in [0.1, 0.15) is 0 Å². The fraction of sp³-hybridized carbons (Fsp3) is 0.417. The number of hydrogen-bond donors (Lipinski definition) is 2. The van der Waals surface area contributed by atoms with E-state index in [4.69, 9.17) is 16.7 Å². The molecule has 1 aromatic rings. The van der Waals surface area contributed by atoms with Crippen molar-refractivity contribution in [3.05, 3.63) is 28.8 Å². The normalized spacial score (nSPS) is 18.8. The van der Waals surface area contributed by atoms with Crippen molar-refractivity contribution in [3.8, 4) is 0 Å². The number of rotatable bonds is 4. The van der Waals surface area contributed by atoms with Crippen LogP contribution in [0.25, 0.3) is 0 Å². The minimum Gasteiger partial charge on any atom is -0.481 e. The summed E-state index contributed by atoms with van der Waals surface area (Å²) in [6, 6.07) is 6.13. The highest BCUT2D eigenvalue weighted by Gasteiger charge is 2.20. The third-order valence-corrected chi connectivity index (χ3v) is 4.10. The molecular formula is C12H14ClNO2S. The first-order valence-electron chi connectivity index (χ1n) is 5.54. The summed E-state index contributed by atoms with van der Waals surface area (Å²) >= 11 is 7.82. The van der Waals surface area contributed by atoms with Crippen LogP contribution in [-0.2, 0) is 4.79 Å². The smallest absolute Gasteiger partial charge is 0.304 e. The number of benzene rings is 1. The largest absolute Gasteiger partial charge is 0.481 e. The molecule has 2 N–H and O–H groups in total. The lowest BCUT2D eigenvalue weighted by atomic mass is 10.0. The molecular weight excluding hydrogens is 258 g/mol. The molecule has 1 unspecified atom stereocenters. The molecule has 0 saturated heterocycles. The van der Waals surface area contributed by atoms with Gasteiger partial charge in [0, 0.05) is 22.5 Å². The number of carbonyl (C=O) groups is 1. The zero-order chi connectivity index (χ0) is 12.3. The van der Waals surface area contributed by atoms with Crippen molar-refractivity contribution in [3.63, 3.8) is 0 Å². The van der Waals surface area contributed by atoms with Crippen molar-refractivity contribution >= 4 is 29.3 Å². The Balaban J connectivity index is 2.05. The van der Waals surface area contributed by atoms with Crippen LogP contribution >= 0.6 is 23.4 Å². The van der Waals surface area contributed by atoms with E-state index in [0.29, 0.717) is 6.54 Å². The minimum absolute atomic E-state index is 0.152. The lowest BCUT2D eigenvalue weighted by molar-refractivity contribution is -0.136. The first kappa shape index (κ1) is 12.7. The molecule has 1 aliphatic rings. The number of thioether (sulfide) groups is 1. The van der Waals surface area contributed by atoms with Gasteiger partial charge >= 0.3 is 5.97 Å². The fourth-order valence-corrected chi connectivity index (χ4v) is 3.22. The highest BCUT2D eigenvalue weighted by Crippen LogP contribution is 2.37. The van der Waals surface area contributed by atoms with Gasteiger partial charge in [0.25, 0.3) is 0 Å². The van der Waals surface area contributed by atoms with Crippen LogP contribution in [0.1, 0.15) is 24.4 Å². The molecule has 0 amide bonds. The Labute approximate surface area is 110 Å². The van der Waals surface area contributed by atoms with Gasteiger partial charge in [0.05, 0.1) is 6.42 Å². The molecule has 0 spiro atoms. The Hall–Kier alpha value is -0.710. The van der Waals surface area contributed by atoms with E-state index >= 15 is 0 Å². The predicted molar refractivity (Wildman–Crippen MR) is 69.8 cm³/mol. The molecule has 1 aliphatic heterocycles. The number of hydrogen-bond acceptors (Lipinski definition) is 3. The Bertz CT molecular complexity index is 425. The van der Waals surface area contributed by atoms with Crippen LogP contribution in [0, 0.1) is 0 Å². The quantitative estimate of drug-likeness (QED) is 0.884. The van der Waals surface area contributed by atoms with E-state index in [1.54, 1.807) is 0 Å². The van der Waals surface area contributed by atoms with Gasteiger partial charge in [-0.3, -0.25) is 4.79 Å². The zero-order valence-electron chi connectivity index (χ0n) is 9.28. The fourth-order valence-electron chi connectivity index (χ4n) is 1.93. The average Bonchev–Trinajstić information content (AvgIpc) is 2.29. The summed E-state index contributed by atoms with van der Waals surface area (Å²) < 4.78 is 0. The number of aliphatic carboxylic acids is 1. The lowest BCUT2D eigenvalue weighted by Crippen LogP contribution is -2.26. The maximum atomic E-state index is 10.5. The lowest BCUT2D eigenvalue weighted by Gasteiger charge is -2.26. The van der Waals surface area contributed by atoms with Crippen molar-refractivity contribution in [2.45, 2.75) is 23.8 Å². The van der Waals surface area contributed by atoms with Crippen LogP contribution in [0.4, 0.5) is 0 Å². The van der Waals surface area contributed by atoms with Crippen LogP contribution in [0.15, 0.2) is 23.1 Å². The second-order valence-corrected chi connectivity index (χ2v) is 5.54. The van der Waals surface area contributed by atoms with Crippen LogP contribution in [0.5, 0.6) is 0 Å². The number of fused-ring (bicyclic) bond motifs is 1. The maximum absolute atomic E-state index is 10.5. The third kappa shape index (κ3) is 3.37. The Morgan fingerprint density at radius 1 is 1.59 bits per heavy atom. The number of carboxylic acid groups (broad SMARTS) is 1. The van der Waals surface area contributed by atoms with Crippen LogP contribution in [0.2, 0.25) is 5.02 Å². The topological polar surface area (TPSA) is 49.3 Å². The number of halogens is 1. The monoisotopic (exact) mass is 271 g/mol. The highest BCUT2D eigenvalue weighted by molar-refractivity contribution is 7.99. The Morgan fingerprint density at radius 2 is 2.41 bits per heavy atom. The van der Waals surface area contributed by atoms with E-state index in [9.17, 15) is 4.79 Å². The van der Waals surface area contributed by atoms with E-state index in [1.165, 1.54) is 10.5 Å². The summed E-state index contributed by atoms with van der Waals surface area (Å²) in [5.41, 5.74) is 1.19. The summed E-state index contributed by atoms with van der Waals surface area (Å²) in [5.74, 6) is 0.285. The Morgan fingerprint density at radius 3 is 3.18 bits per heavy atom. The molecule has 0 saturated carbocycles. The summed E-state index contributed by atoms with van der Waals surface area (Å²) in [6.45, 7) is 0.497. The third-order valence-electron chi connectivity index (χ3n) is 2.74. The summed E-state index contributed by atoms with van der Waals surface area (Å²) in [4.78, 5) is 11.7. The van der Waals surface area contributed by atoms with Gasteiger partial charge in [-0.25, -0.2) is 0 Å². The number of carboxylic acids is 1. The molecule has 0 fully saturated rings. The van der Waals surface area contributed by atoms with E-state index in [1.807, 2.05) is 30.0 Å². The van der Waals surface area contributed by atoms with Crippen LogP contribution < -0.4 is 5.32 Å². The molecule has 1 heterocycles. The van der Waals surface area contributed by atoms with Gasteiger partial charge in [-0.05, 0) is 35.9 Å². The number of nitrogens with one attached hydrogen (secondary N) is 1.